The summed E-state index contributed by atoms with van der Waals surface area (Å²) in [6, 6.07) is 30.1. The van der Waals surface area contributed by atoms with Crippen molar-refractivity contribution < 1.29 is 0 Å². The molecule has 3 rings (SSSR count). The second-order valence-electron chi connectivity index (χ2n) is 4.84. The third kappa shape index (κ3) is 11.1. The van der Waals surface area contributed by atoms with Crippen LogP contribution < -0.4 is 0 Å². The van der Waals surface area contributed by atoms with Gasteiger partial charge in [-0.05, 0) is 16.7 Å². The van der Waals surface area contributed by atoms with Crippen molar-refractivity contribution in [2.45, 2.75) is 0 Å². The zero-order valence-corrected chi connectivity index (χ0v) is 17.0. The second-order valence-corrected chi connectivity index (χ2v) is 4.84. The molecule has 25 heavy (non-hydrogen) atoms. The van der Waals surface area contributed by atoms with Crippen LogP contribution in [-0.2, 0) is 0 Å². The van der Waals surface area contributed by atoms with Gasteiger partial charge in [0.05, 0.1) is 0 Å². The van der Waals surface area contributed by atoms with E-state index < -0.39 is 0 Å². The first kappa shape index (κ1) is 22.9. The van der Waals surface area contributed by atoms with E-state index in [-0.39, 0.29) is 29.6 Å². The van der Waals surface area contributed by atoms with Crippen molar-refractivity contribution in [3.63, 3.8) is 0 Å². The molecule has 0 nitrogen and oxygen atoms in total. The Bertz CT molecular complexity index is 597. The molecule has 0 amide bonds. The van der Waals surface area contributed by atoms with Gasteiger partial charge in [-0.25, -0.2) is 0 Å². The van der Waals surface area contributed by atoms with E-state index in [9.17, 15) is 0 Å². The Morgan fingerprint density at radius 2 is 0.600 bits per heavy atom. The van der Waals surface area contributed by atoms with E-state index in [0.29, 0.717) is 0 Å². The SMILES string of the molecule is C=Cc1ccccc1.C=Cc1ccccc1.C=Cc1ccccc1.[Na]. The maximum atomic E-state index is 3.63. The number of hydrogen-bond acceptors (Lipinski definition) is 0. The van der Waals surface area contributed by atoms with Gasteiger partial charge in [-0.2, -0.15) is 0 Å². The third-order valence-corrected chi connectivity index (χ3v) is 3.11. The zero-order chi connectivity index (χ0) is 17.5. The molecule has 0 aliphatic heterocycles. The summed E-state index contributed by atoms with van der Waals surface area (Å²) < 4.78 is 0. The van der Waals surface area contributed by atoms with Crippen LogP contribution in [0.3, 0.4) is 0 Å². The Hall–Kier alpha value is -2.12. The van der Waals surface area contributed by atoms with Gasteiger partial charge in [-0.1, -0.05) is 129 Å². The molecule has 0 saturated heterocycles. The molecule has 0 unspecified atom stereocenters. The summed E-state index contributed by atoms with van der Waals surface area (Å²) in [5.41, 5.74) is 3.52. The summed E-state index contributed by atoms with van der Waals surface area (Å²) >= 11 is 0. The van der Waals surface area contributed by atoms with Crippen LogP contribution in [0.15, 0.2) is 111 Å². The summed E-state index contributed by atoms with van der Waals surface area (Å²) in [6.45, 7) is 10.9. The quantitative estimate of drug-likeness (QED) is 0.473. The van der Waals surface area contributed by atoms with E-state index in [0.717, 1.165) is 0 Å². The van der Waals surface area contributed by atoms with E-state index in [1.54, 1.807) is 0 Å². The predicted molar refractivity (Wildman–Crippen MR) is 115 cm³/mol. The molecular formula is C24H24Na. The zero-order valence-electron chi connectivity index (χ0n) is 15.0. The topological polar surface area (TPSA) is 0 Å². The molecule has 1 heteroatoms. The van der Waals surface area contributed by atoms with Crippen molar-refractivity contribution in [2.24, 2.45) is 0 Å². The maximum Gasteiger partial charge on any atom is 0 e. The Kier molecular flexibility index (Phi) is 14.1. The number of hydrogen-bond donors (Lipinski definition) is 0. The average molecular weight is 335 g/mol. The van der Waals surface area contributed by atoms with Gasteiger partial charge in [0, 0.05) is 29.6 Å². The van der Waals surface area contributed by atoms with Gasteiger partial charge in [0.2, 0.25) is 0 Å². The molecule has 1 radical (unpaired) electrons. The summed E-state index contributed by atoms with van der Waals surface area (Å²) in [5, 5.41) is 0. The Morgan fingerprint density at radius 1 is 0.400 bits per heavy atom. The minimum atomic E-state index is 0. The molecular weight excluding hydrogens is 311 g/mol. The molecule has 121 valence electrons. The minimum absolute atomic E-state index is 0. The van der Waals surface area contributed by atoms with Crippen LogP contribution in [0.4, 0.5) is 0 Å². The molecule has 0 aliphatic carbocycles. The molecule has 0 heterocycles. The van der Waals surface area contributed by atoms with E-state index in [4.69, 9.17) is 0 Å². The molecule has 3 aromatic rings. The van der Waals surface area contributed by atoms with Crippen LogP contribution in [0, 0.1) is 0 Å². The Labute approximate surface area is 174 Å². The van der Waals surface area contributed by atoms with Crippen molar-refractivity contribution in [3.8, 4) is 0 Å². The molecule has 0 aliphatic rings. The molecule has 0 bridgehead atoms. The Balaban J connectivity index is 0.000000339. The van der Waals surface area contributed by atoms with Gasteiger partial charge in [-0.3, -0.25) is 0 Å². The Morgan fingerprint density at radius 3 is 0.720 bits per heavy atom. The first-order chi connectivity index (χ1) is 11.8. The van der Waals surface area contributed by atoms with Crippen LogP contribution in [0.25, 0.3) is 18.2 Å². The standard InChI is InChI=1S/3C8H8.Na/c3*1-2-8-6-4-3-5-7-8;/h3*2-7H,1H2;. The van der Waals surface area contributed by atoms with E-state index >= 15 is 0 Å². The van der Waals surface area contributed by atoms with Crippen molar-refractivity contribution in [1.82, 2.24) is 0 Å². The van der Waals surface area contributed by atoms with E-state index in [2.05, 4.69) is 19.7 Å². The summed E-state index contributed by atoms with van der Waals surface area (Å²) in [5.74, 6) is 0. The fraction of sp³-hybridized carbons (Fsp3) is 0. The van der Waals surface area contributed by atoms with E-state index in [1.165, 1.54) is 16.7 Å². The van der Waals surface area contributed by atoms with Gasteiger partial charge in [0.15, 0.2) is 0 Å². The van der Waals surface area contributed by atoms with Crippen molar-refractivity contribution in [1.29, 1.82) is 0 Å². The van der Waals surface area contributed by atoms with Gasteiger partial charge in [-0.15, -0.1) is 0 Å². The first-order valence-electron chi connectivity index (χ1n) is 7.82. The largest absolute Gasteiger partial charge is 0.0985 e. The predicted octanol–water partition coefficient (Wildman–Crippen LogP) is 6.61. The van der Waals surface area contributed by atoms with Crippen LogP contribution in [-0.4, -0.2) is 29.6 Å². The number of rotatable bonds is 3. The molecule has 0 spiro atoms. The molecule has 0 N–H and O–H groups in total. The average Bonchev–Trinajstić information content (AvgIpc) is 2.71. The van der Waals surface area contributed by atoms with Crippen LogP contribution in [0.2, 0.25) is 0 Å². The summed E-state index contributed by atoms with van der Waals surface area (Å²) in [6.07, 6.45) is 5.50. The monoisotopic (exact) mass is 335 g/mol. The maximum absolute atomic E-state index is 3.63. The van der Waals surface area contributed by atoms with Crippen molar-refractivity contribution >= 4 is 47.8 Å². The molecule has 0 aromatic heterocycles. The van der Waals surface area contributed by atoms with Crippen molar-refractivity contribution in [3.05, 3.63) is 127 Å². The van der Waals surface area contributed by atoms with Gasteiger partial charge >= 0.3 is 0 Å². The third-order valence-electron chi connectivity index (χ3n) is 3.11. The second kappa shape index (κ2) is 15.4. The molecule has 3 aromatic carbocycles. The number of benzene rings is 3. The normalized spacial score (nSPS) is 8.16. The molecule has 0 fully saturated rings. The van der Waals surface area contributed by atoms with Gasteiger partial charge < -0.3 is 0 Å². The molecule has 0 saturated carbocycles. The van der Waals surface area contributed by atoms with Crippen LogP contribution in [0.1, 0.15) is 16.7 Å². The van der Waals surface area contributed by atoms with E-state index in [1.807, 2.05) is 109 Å². The van der Waals surface area contributed by atoms with Gasteiger partial charge in [0.25, 0.3) is 0 Å². The van der Waals surface area contributed by atoms with Gasteiger partial charge in [0.1, 0.15) is 0 Å². The smallest absolute Gasteiger partial charge is 0 e. The minimum Gasteiger partial charge on any atom is -0.0985 e. The van der Waals surface area contributed by atoms with Crippen molar-refractivity contribution in [2.75, 3.05) is 0 Å². The fourth-order valence-electron chi connectivity index (χ4n) is 1.77. The summed E-state index contributed by atoms with van der Waals surface area (Å²) in [7, 11) is 0. The molecule has 0 atom stereocenters. The van der Waals surface area contributed by atoms with Crippen LogP contribution in [0.5, 0.6) is 0 Å². The van der Waals surface area contributed by atoms with Crippen LogP contribution >= 0.6 is 0 Å². The summed E-state index contributed by atoms with van der Waals surface area (Å²) in [4.78, 5) is 0. The fourth-order valence-corrected chi connectivity index (χ4v) is 1.77. The first-order valence-corrected chi connectivity index (χ1v) is 7.82.